The van der Waals surface area contributed by atoms with E-state index in [4.69, 9.17) is 0 Å². The number of likely N-dealkylation sites (tertiary alicyclic amines) is 1. The smallest absolute Gasteiger partial charge is 0.243 e. The largest absolute Gasteiger partial charge is 0.303 e. The number of rotatable bonds is 5. The highest BCUT2D eigenvalue weighted by molar-refractivity contribution is 7.91. The van der Waals surface area contributed by atoms with Gasteiger partial charge >= 0.3 is 0 Å². The van der Waals surface area contributed by atoms with Gasteiger partial charge in [-0.25, -0.2) is 16.8 Å². The van der Waals surface area contributed by atoms with Crippen molar-refractivity contribution in [2.75, 3.05) is 38.5 Å². The Morgan fingerprint density at radius 2 is 1.43 bits per heavy atom. The molecule has 3 aliphatic rings. The van der Waals surface area contributed by atoms with Gasteiger partial charge in [-0.2, -0.15) is 4.31 Å². The molecule has 2 saturated heterocycles. The van der Waals surface area contributed by atoms with E-state index in [1.807, 2.05) is 42.5 Å². The van der Waals surface area contributed by atoms with Gasteiger partial charge in [0, 0.05) is 31.0 Å². The molecule has 0 radical (unpaired) electrons. The molecular formula is C29H32N2O4S2. The Labute approximate surface area is 219 Å². The van der Waals surface area contributed by atoms with Gasteiger partial charge in [0.05, 0.1) is 15.5 Å². The van der Waals surface area contributed by atoms with Gasteiger partial charge < -0.3 is 4.90 Å². The van der Waals surface area contributed by atoms with Crippen molar-refractivity contribution in [2.45, 2.75) is 34.0 Å². The average molecular weight is 537 g/mol. The van der Waals surface area contributed by atoms with E-state index in [1.165, 1.54) is 5.56 Å². The minimum absolute atomic E-state index is 0.114. The van der Waals surface area contributed by atoms with E-state index in [2.05, 4.69) is 17.0 Å². The summed E-state index contributed by atoms with van der Waals surface area (Å²) in [7, 11) is -6.81. The Morgan fingerprint density at radius 1 is 0.811 bits per heavy atom. The first-order valence-electron chi connectivity index (χ1n) is 12.9. The molecule has 2 fully saturated rings. The zero-order valence-corrected chi connectivity index (χ0v) is 22.4. The zero-order valence-electron chi connectivity index (χ0n) is 20.7. The van der Waals surface area contributed by atoms with Crippen molar-refractivity contribution in [1.29, 1.82) is 0 Å². The fraction of sp³-hybridized carbons (Fsp3) is 0.379. The van der Waals surface area contributed by atoms with Crippen LogP contribution in [0.4, 0.5) is 0 Å². The Kier molecular flexibility index (Phi) is 6.26. The van der Waals surface area contributed by atoms with Crippen molar-refractivity contribution >= 4 is 19.9 Å². The van der Waals surface area contributed by atoms with Crippen molar-refractivity contribution in [3.8, 4) is 0 Å². The quantitative estimate of drug-likeness (QED) is 0.494. The molecule has 0 bridgehead atoms. The summed E-state index contributed by atoms with van der Waals surface area (Å²) in [6.07, 6.45) is 1.61. The van der Waals surface area contributed by atoms with E-state index in [1.54, 1.807) is 34.6 Å². The number of sulfone groups is 1. The maximum atomic E-state index is 13.5. The molecule has 1 spiro atoms. The second kappa shape index (κ2) is 9.34. The summed E-state index contributed by atoms with van der Waals surface area (Å²) in [4.78, 5) is 3.26. The molecule has 8 heteroatoms. The van der Waals surface area contributed by atoms with Crippen LogP contribution < -0.4 is 0 Å². The summed E-state index contributed by atoms with van der Waals surface area (Å²) in [6, 6.07) is 26.4. The lowest BCUT2D eigenvalue weighted by atomic mass is 9.74. The Morgan fingerprint density at radius 3 is 2.14 bits per heavy atom. The highest BCUT2D eigenvalue weighted by Gasteiger charge is 2.49. The van der Waals surface area contributed by atoms with E-state index in [9.17, 15) is 16.8 Å². The molecule has 0 amide bonds. The molecule has 0 unspecified atom stereocenters. The molecule has 3 aromatic carbocycles. The number of sulfonamides is 1. The SMILES string of the molecule is O=S1(=O)CC2(CCN(C[C@H]3CN(S(=O)(=O)c4ccccc4)C[C@@H]3c3ccccc3)CC2)c2ccccc21. The van der Waals surface area contributed by atoms with Crippen molar-refractivity contribution in [1.82, 2.24) is 9.21 Å². The van der Waals surface area contributed by atoms with E-state index >= 15 is 0 Å². The lowest BCUT2D eigenvalue weighted by Gasteiger charge is -2.40. The highest BCUT2D eigenvalue weighted by Crippen LogP contribution is 2.47. The van der Waals surface area contributed by atoms with Crippen LogP contribution in [0.5, 0.6) is 0 Å². The lowest BCUT2D eigenvalue weighted by Crippen LogP contribution is -2.45. The summed E-state index contributed by atoms with van der Waals surface area (Å²) in [6.45, 7) is 3.37. The van der Waals surface area contributed by atoms with Crippen LogP contribution in [0.15, 0.2) is 94.7 Å². The van der Waals surface area contributed by atoms with E-state index in [0.717, 1.165) is 38.0 Å². The summed E-state index contributed by atoms with van der Waals surface area (Å²) in [5.41, 5.74) is 1.85. The first-order valence-corrected chi connectivity index (χ1v) is 16.0. The van der Waals surface area contributed by atoms with Gasteiger partial charge in [-0.05, 0) is 61.2 Å². The Hall–Kier alpha value is -2.52. The average Bonchev–Trinajstić information content (AvgIpc) is 3.44. The molecule has 3 aromatic rings. The number of benzene rings is 3. The number of hydrogen-bond acceptors (Lipinski definition) is 5. The standard InChI is InChI=1S/C29H32N2O4S2/c32-36(33)22-29(27-13-7-8-14-28(27)36)15-17-30(18-16-29)19-24-20-31(21-26(24)23-9-3-1-4-10-23)37(34,35)25-11-5-2-6-12-25/h1-14,24,26H,15-22H2/t24-,26+/m0/s1. The summed E-state index contributed by atoms with van der Waals surface area (Å²) in [5.74, 6) is 0.476. The van der Waals surface area contributed by atoms with Crippen LogP contribution >= 0.6 is 0 Å². The fourth-order valence-electron chi connectivity index (χ4n) is 6.64. The van der Waals surface area contributed by atoms with Gasteiger partial charge in [-0.3, -0.25) is 0 Å². The van der Waals surface area contributed by atoms with Crippen LogP contribution in [0.1, 0.15) is 29.9 Å². The van der Waals surface area contributed by atoms with Crippen LogP contribution in [0.25, 0.3) is 0 Å². The molecule has 0 aromatic heterocycles. The number of nitrogens with zero attached hydrogens (tertiary/aromatic N) is 2. The van der Waals surface area contributed by atoms with E-state index in [0.29, 0.717) is 22.9 Å². The first kappa shape index (κ1) is 24.8. The lowest BCUT2D eigenvalue weighted by molar-refractivity contribution is 0.148. The molecule has 6 rings (SSSR count). The summed E-state index contributed by atoms with van der Waals surface area (Å²) >= 11 is 0. The number of hydrogen-bond donors (Lipinski definition) is 0. The monoisotopic (exact) mass is 536 g/mol. The molecular weight excluding hydrogens is 504 g/mol. The molecule has 3 heterocycles. The first-order chi connectivity index (χ1) is 17.8. The van der Waals surface area contributed by atoms with Gasteiger partial charge in [0.15, 0.2) is 9.84 Å². The van der Waals surface area contributed by atoms with Gasteiger partial charge in [0.25, 0.3) is 0 Å². The van der Waals surface area contributed by atoms with Crippen LogP contribution in [0.3, 0.4) is 0 Å². The van der Waals surface area contributed by atoms with Crippen molar-refractivity contribution in [2.24, 2.45) is 5.92 Å². The third kappa shape index (κ3) is 4.44. The number of piperidine rings is 1. The highest BCUT2D eigenvalue weighted by atomic mass is 32.2. The van der Waals surface area contributed by atoms with Gasteiger partial charge in [-0.1, -0.05) is 66.7 Å². The van der Waals surface area contributed by atoms with Gasteiger partial charge in [-0.15, -0.1) is 0 Å². The molecule has 0 aliphatic carbocycles. The van der Waals surface area contributed by atoms with Gasteiger partial charge in [0.1, 0.15) is 0 Å². The molecule has 194 valence electrons. The summed E-state index contributed by atoms with van der Waals surface area (Å²) in [5, 5.41) is 0. The summed E-state index contributed by atoms with van der Waals surface area (Å²) < 4.78 is 54.3. The maximum absolute atomic E-state index is 13.5. The van der Waals surface area contributed by atoms with Crippen LogP contribution in [-0.4, -0.2) is 64.5 Å². The molecule has 0 saturated carbocycles. The van der Waals surface area contributed by atoms with Crippen molar-refractivity contribution in [3.63, 3.8) is 0 Å². The second-order valence-electron chi connectivity index (χ2n) is 10.7. The van der Waals surface area contributed by atoms with Crippen LogP contribution in [0.2, 0.25) is 0 Å². The van der Waals surface area contributed by atoms with Crippen LogP contribution in [0, 0.1) is 5.92 Å². The predicted octanol–water partition coefficient (Wildman–Crippen LogP) is 3.91. The second-order valence-corrected chi connectivity index (χ2v) is 14.6. The van der Waals surface area contributed by atoms with Crippen molar-refractivity contribution < 1.29 is 16.8 Å². The third-order valence-electron chi connectivity index (χ3n) is 8.58. The Balaban J connectivity index is 1.21. The van der Waals surface area contributed by atoms with E-state index in [-0.39, 0.29) is 23.0 Å². The molecule has 6 nitrogen and oxygen atoms in total. The van der Waals surface area contributed by atoms with Crippen LogP contribution in [-0.2, 0) is 25.3 Å². The maximum Gasteiger partial charge on any atom is 0.243 e. The Bertz CT molecular complexity index is 1480. The zero-order chi connectivity index (χ0) is 25.7. The van der Waals surface area contributed by atoms with Gasteiger partial charge in [0.2, 0.25) is 10.0 Å². The normalized spacial score (nSPS) is 25.3. The number of fused-ring (bicyclic) bond motifs is 2. The van der Waals surface area contributed by atoms with E-state index < -0.39 is 19.9 Å². The molecule has 3 aliphatic heterocycles. The topological polar surface area (TPSA) is 74.8 Å². The molecule has 2 atom stereocenters. The minimum Gasteiger partial charge on any atom is -0.303 e. The third-order valence-corrected chi connectivity index (χ3v) is 12.4. The molecule has 0 N–H and O–H groups in total. The van der Waals surface area contributed by atoms with Crippen molar-refractivity contribution in [3.05, 3.63) is 96.1 Å². The predicted molar refractivity (Wildman–Crippen MR) is 144 cm³/mol. The molecule has 37 heavy (non-hydrogen) atoms. The fourth-order valence-corrected chi connectivity index (χ4v) is 10.4. The minimum atomic E-state index is -3.57.